The molecule has 0 saturated heterocycles. The molecule has 1 aromatic heterocycles. The lowest BCUT2D eigenvalue weighted by molar-refractivity contribution is -0.139. The molecule has 3 aromatic rings. The number of ether oxygens (including phenoxy) is 3. The molecule has 3 rings (SSSR count). The lowest BCUT2D eigenvalue weighted by Crippen LogP contribution is -2.01. The molecule has 8 heteroatoms. The minimum atomic E-state index is -0.491. The van der Waals surface area contributed by atoms with Crippen molar-refractivity contribution in [3.05, 3.63) is 65.2 Å². The van der Waals surface area contributed by atoms with E-state index in [-0.39, 0.29) is 12.4 Å². The number of esters is 1. The molecule has 0 aliphatic heterocycles. The molecule has 1 heterocycles. The van der Waals surface area contributed by atoms with Crippen molar-refractivity contribution < 1.29 is 24.1 Å². The number of aromatic nitrogens is 1. The predicted octanol–water partition coefficient (Wildman–Crippen LogP) is 4.37. The van der Waals surface area contributed by atoms with E-state index in [4.69, 9.17) is 14.2 Å². The van der Waals surface area contributed by atoms with Crippen LogP contribution in [0.15, 0.2) is 53.9 Å². The summed E-state index contributed by atoms with van der Waals surface area (Å²) in [6.07, 6.45) is 2.90. The van der Waals surface area contributed by atoms with Gasteiger partial charge in [0, 0.05) is 17.1 Å². The molecule has 0 amide bonds. The van der Waals surface area contributed by atoms with Gasteiger partial charge in [-0.25, -0.2) is 9.78 Å². The topological polar surface area (TPSA) is 89.9 Å². The standard InChI is InChI=1S/C21H20N2O5S/c1-26-17-7-5-15(6-8-17)22-21-23-16(13-29-21)12-28-20(25)10-4-14-3-9-18(24)19(11-14)27-2/h3-11,13,24H,12H2,1-2H3,(H,22,23)/b10-4+. The Kier molecular flexibility index (Phi) is 6.70. The minimum absolute atomic E-state index is 0.0369. The van der Waals surface area contributed by atoms with Gasteiger partial charge in [-0.05, 0) is 48.0 Å². The molecule has 0 fully saturated rings. The van der Waals surface area contributed by atoms with E-state index < -0.39 is 5.97 Å². The molecule has 0 saturated carbocycles. The first-order chi connectivity index (χ1) is 14.1. The number of phenolic OH excluding ortho intramolecular Hbond substituents is 1. The highest BCUT2D eigenvalue weighted by atomic mass is 32.1. The van der Waals surface area contributed by atoms with Crippen LogP contribution in [0.25, 0.3) is 6.08 Å². The predicted molar refractivity (Wildman–Crippen MR) is 112 cm³/mol. The third-order valence-corrected chi connectivity index (χ3v) is 4.68. The number of thiazole rings is 1. The Hall–Kier alpha value is -3.52. The fourth-order valence-electron chi connectivity index (χ4n) is 2.38. The molecule has 0 aliphatic carbocycles. The summed E-state index contributed by atoms with van der Waals surface area (Å²) in [6, 6.07) is 12.3. The van der Waals surface area contributed by atoms with Gasteiger partial charge >= 0.3 is 5.97 Å². The molecular weight excluding hydrogens is 392 g/mol. The normalized spacial score (nSPS) is 10.7. The van der Waals surface area contributed by atoms with Crippen LogP contribution in [-0.4, -0.2) is 30.3 Å². The van der Waals surface area contributed by atoms with Crippen LogP contribution in [0.1, 0.15) is 11.3 Å². The molecule has 2 N–H and O–H groups in total. The zero-order valence-corrected chi connectivity index (χ0v) is 16.7. The Morgan fingerprint density at radius 3 is 2.69 bits per heavy atom. The highest BCUT2D eigenvalue weighted by Gasteiger charge is 2.06. The van der Waals surface area contributed by atoms with Crippen LogP contribution in [-0.2, 0) is 16.1 Å². The Bertz CT molecular complexity index is 999. The summed E-state index contributed by atoms with van der Waals surface area (Å²) in [4.78, 5) is 16.3. The zero-order valence-electron chi connectivity index (χ0n) is 15.9. The van der Waals surface area contributed by atoms with Crippen LogP contribution < -0.4 is 14.8 Å². The van der Waals surface area contributed by atoms with E-state index in [1.54, 1.807) is 25.3 Å². The second kappa shape index (κ2) is 9.61. The molecule has 0 unspecified atom stereocenters. The van der Waals surface area contributed by atoms with E-state index in [9.17, 15) is 9.90 Å². The largest absolute Gasteiger partial charge is 0.504 e. The van der Waals surface area contributed by atoms with Gasteiger partial charge in [-0.1, -0.05) is 6.07 Å². The number of nitrogens with zero attached hydrogens (tertiary/aromatic N) is 1. The van der Waals surface area contributed by atoms with E-state index in [1.807, 2.05) is 29.6 Å². The first-order valence-electron chi connectivity index (χ1n) is 8.64. The van der Waals surface area contributed by atoms with E-state index >= 15 is 0 Å². The van der Waals surface area contributed by atoms with Gasteiger partial charge in [-0.2, -0.15) is 0 Å². The van der Waals surface area contributed by atoms with Gasteiger partial charge in [-0.15, -0.1) is 11.3 Å². The summed E-state index contributed by atoms with van der Waals surface area (Å²) in [7, 11) is 3.08. The van der Waals surface area contributed by atoms with E-state index in [0.717, 1.165) is 11.4 Å². The SMILES string of the molecule is COc1ccc(Nc2nc(COC(=O)/C=C/c3ccc(O)c(OC)c3)cs2)cc1. The zero-order chi connectivity index (χ0) is 20.6. The smallest absolute Gasteiger partial charge is 0.331 e. The lowest BCUT2D eigenvalue weighted by atomic mass is 10.2. The molecule has 0 atom stereocenters. The first-order valence-corrected chi connectivity index (χ1v) is 9.52. The number of anilines is 2. The number of benzene rings is 2. The number of aromatic hydroxyl groups is 1. The van der Waals surface area contributed by atoms with Crippen molar-refractivity contribution in [2.24, 2.45) is 0 Å². The molecule has 0 spiro atoms. The fraction of sp³-hybridized carbons (Fsp3) is 0.143. The Morgan fingerprint density at radius 2 is 1.97 bits per heavy atom. The van der Waals surface area contributed by atoms with Gasteiger partial charge in [-0.3, -0.25) is 0 Å². The van der Waals surface area contributed by atoms with Crippen LogP contribution in [0.3, 0.4) is 0 Å². The van der Waals surface area contributed by atoms with Crippen molar-refractivity contribution in [1.29, 1.82) is 0 Å². The highest BCUT2D eigenvalue weighted by molar-refractivity contribution is 7.13. The summed E-state index contributed by atoms with van der Waals surface area (Å²) in [5.74, 6) is 0.658. The summed E-state index contributed by atoms with van der Waals surface area (Å²) < 4.78 is 15.4. The number of hydrogen-bond acceptors (Lipinski definition) is 8. The summed E-state index contributed by atoms with van der Waals surface area (Å²) in [5.41, 5.74) is 2.24. The van der Waals surface area contributed by atoms with Crippen molar-refractivity contribution in [2.75, 3.05) is 19.5 Å². The van der Waals surface area contributed by atoms with Crippen LogP contribution in [0.2, 0.25) is 0 Å². The van der Waals surface area contributed by atoms with Crippen molar-refractivity contribution in [2.45, 2.75) is 6.61 Å². The van der Waals surface area contributed by atoms with E-state index in [2.05, 4.69) is 10.3 Å². The number of carbonyl (C=O) groups excluding carboxylic acids is 1. The maximum absolute atomic E-state index is 11.9. The minimum Gasteiger partial charge on any atom is -0.504 e. The van der Waals surface area contributed by atoms with Crippen LogP contribution >= 0.6 is 11.3 Å². The maximum atomic E-state index is 11.9. The van der Waals surface area contributed by atoms with Crippen LogP contribution in [0.5, 0.6) is 17.2 Å². The van der Waals surface area contributed by atoms with Crippen LogP contribution in [0.4, 0.5) is 10.8 Å². The van der Waals surface area contributed by atoms with Crippen LogP contribution in [0, 0.1) is 0 Å². The second-order valence-corrected chi connectivity index (χ2v) is 6.73. The number of hydrogen-bond donors (Lipinski definition) is 2. The summed E-state index contributed by atoms with van der Waals surface area (Å²) >= 11 is 1.42. The number of nitrogens with one attached hydrogen (secondary N) is 1. The Balaban J connectivity index is 1.51. The van der Waals surface area contributed by atoms with Gasteiger partial charge in [0.05, 0.1) is 19.9 Å². The van der Waals surface area contributed by atoms with Gasteiger partial charge in [0.1, 0.15) is 12.4 Å². The maximum Gasteiger partial charge on any atom is 0.331 e. The molecular formula is C21H20N2O5S. The van der Waals surface area contributed by atoms with Gasteiger partial charge in [0.15, 0.2) is 16.6 Å². The number of phenols is 1. The van der Waals surface area contributed by atoms with Crippen molar-refractivity contribution in [3.63, 3.8) is 0 Å². The fourth-order valence-corrected chi connectivity index (χ4v) is 3.10. The molecule has 150 valence electrons. The second-order valence-electron chi connectivity index (χ2n) is 5.87. The highest BCUT2D eigenvalue weighted by Crippen LogP contribution is 2.27. The number of rotatable bonds is 8. The number of carbonyl (C=O) groups is 1. The van der Waals surface area contributed by atoms with Gasteiger partial charge < -0.3 is 24.6 Å². The van der Waals surface area contributed by atoms with Gasteiger partial charge in [0.25, 0.3) is 0 Å². The lowest BCUT2D eigenvalue weighted by Gasteiger charge is -2.04. The van der Waals surface area contributed by atoms with E-state index in [0.29, 0.717) is 22.1 Å². The average molecular weight is 412 g/mol. The molecule has 29 heavy (non-hydrogen) atoms. The summed E-state index contributed by atoms with van der Waals surface area (Å²) in [5, 5.41) is 15.3. The monoisotopic (exact) mass is 412 g/mol. The molecule has 0 radical (unpaired) electrons. The number of methoxy groups -OCH3 is 2. The summed E-state index contributed by atoms with van der Waals surface area (Å²) in [6.45, 7) is 0.0723. The van der Waals surface area contributed by atoms with Gasteiger partial charge in [0.2, 0.25) is 0 Å². The average Bonchev–Trinajstić information content (AvgIpc) is 3.19. The molecule has 0 aliphatic rings. The Labute approximate surface area is 172 Å². The third-order valence-electron chi connectivity index (χ3n) is 3.87. The Morgan fingerprint density at radius 1 is 1.17 bits per heavy atom. The third kappa shape index (κ3) is 5.73. The molecule has 7 nitrogen and oxygen atoms in total. The van der Waals surface area contributed by atoms with Crippen molar-refractivity contribution >= 4 is 34.2 Å². The molecule has 0 bridgehead atoms. The quantitative estimate of drug-likeness (QED) is 0.419. The van der Waals surface area contributed by atoms with Crippen molar-refractivity contribution in [1.82, 2.24) is 4.98 Å². The first kappa shape index (κ1) is 20.2. The van der Waals surface area contributed by atoms with Crippen molar-refractivity contribution in [3.8, 4) is 17.2 Å². The molecule has 2 aromatic carbocycles. The van der Waals surface area contributed by atoms with E-state index in [1.165, 1.54) is 30.6 Å².